The summed E-state index contributed by atoms with van der Waals surface area (Å²) in [5.41, 5.74) is 0.939. The molecule has 0 aliphatic carbocycles. The van der Waals surface area contributed by atoms with Crippen LogP contribution in [0.25, 0.3) is 0 Å². The summed E-state index contributed by atoms with van der Waals surface area (Å²) in [6, 6.07) is 7.94. The number of halogens is 1. The topological polar surface area (TPSA) is 23.5 Å². The van der Waals surface area contributed by atoms with Crippen molar-refractivity contribution >= 4 is 11.6 Å². The van der Waals surface area contributed by atoms with Crippen LogP contribution < -0.4 is 0 Å². The molecule has 0 radical (unpaired) electrons. The second kappa shape index (κ2) is 7.00. The van der Waals surface area contributed by atoms with Gasteiger partial charge in [0.15, 0.2) is 0 Å². The fourth-order valence-corrected chi connectivity index (χ4v) is 2.05. The van der Waals surface area contributed by atoms with Gasteiger partial charge in [-0.1, -0.05) is 30.7 Å². The average molecular weight is 256 g/mol. The molecular weight excluding hydrogens is 234 g/mol. The molecule has 3 heteroatoms. The lowest BCUT2D eigenvalue weighted by Crippen LogP contribution is -2.32. The first-order chi connectivity index (χ1) is 8.04. The maximum Gasteiger partial charge on any atom is 0.0802 e. The van der Waals surface area contributed by atoms with Gasteiger partial charge in [0.05, 0.1) is 6.10 Å². The highest BCUT2D eigenvalue weighted by Crippen LogP contribution is 2.19. The normalized spacial score (nSPS) is 13.4. The van der Waals surface area contributed by atoms with Gasteiger partial charge in [-0.2, -0.15) is 0 Å². The van der Waals surface area contributed by atoms with Crippen molar-refractivity contribution in [3.63, 3.8) is 0 Å². The van der Waals surface area contributed by atoms with E-state index in [9.17, 15) is 5.11 Å². The molecule has 1 aromatic rings. The summed E-state index contributed by atoms with van der Waals surface area (Å²) < 4.78 is 0. The van der Waals surface area contributed by atoms with E-state index in [1.165, 1.54) is 0 Å². The molecule has 0 amide bonds. The summed E-state index contributed by atoms with van der Waals surface area (Å²) in [4.78, 5) is 2.35. The van der Waals surface area contributed by atoms with Crippen LogP contribution in [0.15, 0.2) is 24.3 Å². The van der Waals surface area contributed by atoms with E-state index >= 15 is 0 Å². The van der Waals surface area contributed by atoms with Gasteiger partial charge < -0.3 is 10.0 Å². The quantitative estimate of drug-likeness (QED) is 0.841. The smallest absolute Gasteiger partial charge is 0.0802 e. The molecule has 1 atom stereocenters. The Bertz CT molecular complexity index is 323. The Morgan fingerprint density at radius 1 is 1.24 bits per heavy atom. The zero-order valence-electron chi connectivity index (χ0n) is 10.9. The zero-order valence-corrected chi connectivity index (χ0v) is 11.6. The highest BCUT2D eigenvalue weighted by atomic mass is 35.5. The van der Waals surface area contributed by atoms with Gasteiger partial charge in [0.1, 0.15) is 0 Å². The maximum absolute atomic E-state index is 10.1. The summed E-state index contributed by atoms with van der Waals surface area (Å²) in [7, 11) is 0. The van der Waals surface area contributed by atoms with Crippen molar-refractivity contribution in [2.45, 2.75) is 39.3 Å². The van der Waals surface area contributed by atoms with Crippen LogP contribution in [0.1, 0.15) is 38.9 Å². The molecule has 1 N–H and O–H groups in total. The van der Waals surface area contributed by atoms with E-state index in [0.29, 0.717) is 11.1 Å². The third kappa shape index (κ3) is 4.66. The molecule has 0 heterocycles. The van der Waals surface area contributed by atoms with Crippen molar-refractivity contribution in [1.82, 2.24) is 4.90 Å². The number of benzene rings is 1. The molecule has 1 rings (SSSR count). The van der Waals surface area contributed by atoms with Crippen LogP contribution in [0.3, 0.4) is 0 Å². The molecule has 0 aromatic heterocycles. The maximum atomic E-state index is 10.1. The molecule has 1 aromatic carbocycles. The lowest BCUT2D eigenvalue weighted by Gasteiger charge is -2.25. The summed E-state index contributed by atoms with van der Waals surface area (Å²) in [5.74, 6) is 0. The lowest BCUT2D eigenvalue weighted by atomic mass is 10.1. The van der Waals surface area contributed by atoms with Crippen LogP contribution in [0.4, 0.5) is 0 Å². The second-order valence-electron chi connectivity index (χ2n) is 4.58. The molecule has 17 heavy (non-hydrogen) atoms. The first-order valence-electron chi connectivity index (χ1n) is 6.22. The molecule has 96 valence electrons. The standard InChI is InChI=1S/C14H22ClNO/c1-4-16(11(2)3)10-9-14(17)12-5-7-13(15)8-6-12/h5-8,11,14,17H,4,9-10H2,1-3H3. The molecule has 0 saturated carbocycles. The van der Waals surface area contributed by atoms with Gasteiger partial charge in [-0.3, -0.25) is 0 Å². The largest absolute Gasteiger partial charge is 0.388 e. The van der Waals surface area contributed by atoms with Gasteiger partial charge in [-0.05, 0) is 44.5 Å². The lowest BCUT2D eigenvalue weighted by molar-refractivity contribution is 0.133. The summed E-state index contributed by atoms with van der Waals surface area (Å²) in [6.07, 6.45) is 0.355. The highest BCUT2D eigenvalue weighted by molar-refractivity contribution is 6.30. The Morgan fingerprint density at radius 3 is 2.29 bits per heavy atom. The number of aliphatic hydroxyl groups excluding tert-OH is 1. The van der Waals surface area contributed by atoms with Gasteiger partial charge >= 0.3 is 0 Å². The van der Waals surface area contributed by atoms with E-state index in [1.807, 2.05) is 24.3 Å². The van der Waals surface area contributed by atoms with E-state index in [0.717, 1.165) is 25.1 Å². The molecule has 1 unspecified atom stereocenters. The Kier molecular flexibility index (Phi) is 5.96. The fourth-order valence-electron chi connectivity index (χ4n) is 1.92. The number of nitrogens with zero attached hydrogens (tertiary/aromatic N) is 1. The van der Waals surface area contributed by atoms with Crippen molar-refractivity contribution in [2.75, 3.05) is 13.1 Å². The van der Waals surface area contributed by atoms with Crippen LogP contribution in [-0.2, 0) is 0 Å². The summed E-state index contributed by atoms with van der Waals surface area (Å²) in [5, 5.41) is 10.8. The van der Waals surface area contributed by atoms with Crippen molar-refractivity contribution in [2.24, 2.45) is 0 Å². The van der Waals surface area contributed by atoms with Crippen molar-refractivity contribution in [1.29, 1.82) is 0 Å². The van der Waals surface area contributed by atoms with Gasteiger partial charge in [-0.15, -0.1) is 0 Å². The first kappa shape index (κ1) is 14.5. The van der Waals surface area contributed by atoms with E-state index < -0.39 is 6.10 Å². The molecule has 0 aliphatic rings. The summed E-state index contributed by atoms with van der Waals surface area (Å²) in [6.45, 7) is 8.44. The minimum absolute atomic E-state index is 0.403. The number of aliphatic hydroxyl groups is 1. The van der Waals surface area contributed by atoms with Gasteiger partial charge in [0.2, 0.25) is 0 Å². The highest BCUT2D eigenvalue weighted by Gasteiger charge is 2.11. The third-order valence-corrected chi connectivity index (χ3v) is 3.33. The van der Waals surface area contributed by atoms with Gasteiger partial charge in [0.25, 0.3) is 0 Å². The van der Waals surface area contributed by atoms with E-state index in [4.69, 9.17) is 11.6 Å². The van der Waals surface area contributed by atoms with E-state index in [1.54, 1.807) is 0 Å². The number of rotatable bonds is 6. The van der Waals surface area contributed by atoms with Crippen LogP contribution in [0.2, 0.25) is 5.02 Å². The monoisotopic (exact) mass is 255 g/mol. The second-order valence-corrected chi connectivity index (χ2v) is 5.01. The molecule has 0 aliphatic heterocycles. The Labute approximate surface area is 109 Å². The number of hydrogen-bond donors (Lipinski definition) is 1. The molecule has 0 saturated heterocycles. The number of hydrogen-bond acceptors (Lipinski definition) is 2. The Balaban J connectivity index is 2.49. The van der Waals surface area contributed by atoms with Crippen LogP contribution in [0, 0.1) is 0 Å². The van der Waals surface area contributed by atoms with Crippen LogP contribution >= 0.6 is 11.6 Å². The predicted octanol–water partition coefficient (Wildman–Crippen LogP) is 3.49. The van der Waals surface area contributed by atoms with E-state index in [2.05, 4.69) is 25.7 Å². The summed E-state index contributed by atoms with van der Waals surface area (Å²) >= 11 is 5.82. The SMILES string of the molecule is CCN(CCC(O)c1ccc(Cl)cc1)C(C)C. The van der Waals surface area contributed by atoms with Gasteiger partial charge in [-0.25, -0.2) is 0 Å². The Morgan fingerprint density at radius 2 is 1.82 bits per heavy atom. The van der Waals surface area contributed by atoms with Crippen LogP contribution in [-0.4, -0.2) is 29.1 Å². The van der Waals surface area contributed by atoms with Crippen LogP contribution in [0.5, 0.6) is 0 Å². The zero-order chi connectivity index (χ0) is 12.8. The van der Waals surface area contributed by atoms with Crippen molar-refractivity contribution in [3.8, 4) is 0 Å². The fraction of sp³-hybridized carbons (Fsp3) is 0.571. The minimum atomic E-state index is -0.403. The van der Waals surface area contributed by atoms with Crippen molar-refractivity contribution < 1.29 is 5.11 Å². The average Bonchev–Trinajstić information content (AvgIpc) is 2.30. The molecular formula is C14H22ClNO. The third-order valence-electron chi connectivity index (χ3n) is 3.08. The molecule has 2 nitrogen and oxygen atoms in total. The molecule has 0 bridgehead atoms. The van der Waals surface area contributed by atoms with Crippen molar-refractivity contribution in [3.05, 3.63) is 34.9 Å². The molecule has 0 spiro atoms. The van der Waals surface area contributed by atoms with Gasteiger partial charge in [0, 0.05) is 17.6 Å². The predicted molar refractivity (Wildman–Crippen MR) is 73.4 cm³/mol. The Hall–Kier alpha value is -0.570. The minimum Gasteiger partial charge on any atom is -0.388 e. The first-order valence-corrected chi connectivity index (χ1v) is 6.60. The van der Waals surface area contributed by atoms with E-state index in [-0.39, 0.29) is 0 Å². The molecule has 0 fully saturated rings.